The molecule has 0 radical (unpaired) electrons. The van der Waals surface area contributed by atoms with E-state index in [4.69, 9.17) is 0 Å². The quantitative estimate of drug-likeness (QED) is 0.343. The van der Waals surface area contributed by atoms with Gasteiger partial charge in [0.15, 0.2) is 46.5 Å². The summed E-state index contributed by atoms with van der Waals surface area (Å²) in [5.74, 6) is -18.9. The molecule has 2 aromatic rings. The average molecular weight is 378 g/mol. The van der Waals surface area contributed by atoms with Gasteiger partial charge in [0.1, 0.15) is 0 Å². The number of benzene rings is 2. The molecule has 0 heterocycles. The predicted octanol–water partition coefficient (Wildman–Crippen LogP) is 5.64. The first kappa shape index (κ1) is 20.8. The van der Waals surface area contributed by atoms with Crippen molar-refractivity contribution in [2.45, 2.75) is 20.3 Å². The summed E-state index contributed by atoms with van der Waals surface area (Å²) in [6.07, 6.45) is -0.244. The molecule has 0 saturated carbocycles. The highest BCUT2D eigenvalue weighted by molar-refractivity contribution is 5.24. The Morgan fingerprint density at radius 1 is 0.440 bits per heavy atom. The maximum atomic E-state index is 12.7. The van der Waals surface area contributed by atoms with E-state index in [0.29, 0.717) is 0 Å². The van der Waals surface area contributed by atoms with Crippen LogP contribution >= 0.6 is 0 Å². The van der Waals surface area contributed by atoms with E-state index >= 15 is 0 Å². The Morgan fingerprint density at radius 2 is 0.680 bits per heavy atom. The van der Waals surface area contributed by atoms with E-state index in [-0.39, 0.29) is 6.42 Å². The van der Waals surface area contributed by atoms with Gasteiger partial charge in [-0.1, -0.05) is 6.92 Å². The summed E-state index contributed by atoms with van der Waals surface area (Å²) in [4.78, 5) is 0. The zero-order chi connectivity index (χ0) is 19.6. The highest BCUT2D eigenvalue weighted by Crippen LogP contribution is 2.23. The van der Waals surface area contributed by atoms with Crippen LogP contribution in [-0.2, 0) is 6.42 Å². The first-order valence-electron chi connectivity index (χ1n) is 6.45. The first-order chi connectivity index (χ1) is 11.5. The second-order valence-electron chi connectivity index (χ2n) is 4.60. The molecular weight excluding hydrogens is 370 g/mol. The molecule has 0 nitrogen and oxygen atoms in total. The molecule has 10 heteroatoms. The smallest absolute Gasteiger partial charge is 0.200 e. The molecule has 0 atom stereocenters. The molecule has 0 amide bonds. The molecular formula is C15H8F10. The van der Waals surface area contributed by atoms with E-state index in [9.17, 15) is 43.9 Å². The van der Waals surface area contributed by atoms with Gasteiger partial charge in [0.2, 0.25) is 11.6 Å². The summed E-state index contributed by atoms with van der Waals surface area (Å²) in [7, 11) is 0. The third-order valence-electron chi connectivity index (χ3n) is 3.08. The second-order valence-corrected chi connectivity index (χ2v) is 4.60. The van der Waals surface area contributed by atoms with E-state index < -0.39 is 69.3 Å². The van der Waals surface area contributed by atoms with Crippen molar-refractivity contribution in [3.05, 3.63) is 69.3 Å². The highest BCUT2D eigenvalue weighted by Gasteiger charge is 2.24. The number of rotatable bonds is 1. The Kier molecular flexibility index (Phi) is 6.44. The van der Waals surface area contributed by atoms with Crippen LogP contribution in [0.5, 0.6) is 0 Å². The Balaban J connectivity index is 0.000000251. The van der Waals surface area contributed by atoms with Crippen LogP contribution in [0, 0.1) is 65.1 Å². The number of halogens is 10. The second kappa shape index (κ2) is 7.75. The first-order valence-corrected chi connectivity index (χ1v) is 6.45. The summed E-state index contributed by atoms with van der Waals surface area (Å²) in [5, 5.41) is 0. The topological polar surface area (TPSA) is 0 Å². The van der Waals surface area contributed by atoms with Gasteiger partial charge in [-0.3, -0.25) is 0 Å². The third-order valence-corrected chi connectivity index (χ3v) is 3.08. The Hall–Kier alpha value is -2.26. The van der Waals surface area contributed by atoms with Crippen molar-refractivity contribution >= 4 is 0 Å². The lowest BCUT2D eigenvalue weighted by atomic mass is 10.1. The minimum Gasteiger partial charge on any atom is -0.203 e. The van der Waals surface area contributed by atoms with E-state index in [1.165, 1.54) is 6.92 Å². The SMILES string of the molecule is CCc1c(F)c(F)c(F)c(F)c1F.Cc1c(F)c(F)c(F)c(F)c1F. The molecule has 0 spiro atoms. The van der Waals surface area contributed by atoms with Gasteiger partial charge in [0.25, 0.3) is 0 Å². The Labute approximate surface area is 134 Å². The molecule has 25 heavy (non-hydrogen) atoms. The standard InChI is InChI=1S/C8H5F5.C7H3F5/c1-2-3-4(9)6(11)8(13)7(12)5(3)10;1-2-3(8)5(10)7(12)6(11)4(2)9/h2H2,1H3;1H3. The summed E-state index contributed by atoms with van der Waals surface area (Å²) in [5.41, 5.74) is -1.65. The van der Waals surface area contributed by atoms with Crippen molar-refractivity contribution in [3.8, 4) is 0 Å². The van der Waals surface area contributed by atoms with Crippen LogP contribution in [0.1, 0.15) is 18.1 Å². The molecule has 0 aliphatic rings. The van der Waals surface area contributed by atoms with Crippen LogP contribution < -0.4 is 0 Å². The van der Waals surface area contributed by atoms with Crippen molar-refractivity contribution in [2.75, 3.05) is 0 Å². The fourth-order valence-corrected chi connectivity index (χ4v) is 1.68. The summed E-state index contributed by atoms with van der Waals surface area (Å²) in [6, 6.07) is 0. The molecule has 0 unspecified atom stereocenters. The fraction of sp³-hybridized carbons (Fsp3) is 0.200. The zero-order valence-corrected chi connectivity index (χ0v) is 12.5. The van der Waals surface area contributed by atoms with Crippen molar-refractivity contribution in [1.82, 2.24) is 0 Å². The maximum absolute atomic E-state index is 12.7. The van der Waals surface area contributed by atoms with Gasteiger partial charge < -0.3 is 0 Å². The van der Waals surface area contributed by atoms with Gasteiger partial charge in [-0.2, -0.15) is 0 Å². The van der Waals surface area contributed by atoms with Crippen LogP contribution in [0.25, 0.3) is 0 Å². The lowest BCUT2D eigenvalue weighted by Gasteiger charge is -2.04. The lowest BCUT2D eigenvalue weighted by Crippen LogP contribution is -2.05. The molecule has 0 aliphatic heterocycles. The van der Waals surface area contributed by atoms with E-state index in [2.05, 4.69) is 0 Å². The lowest BCUT2D eigenvalue weighted by molar-refractivity contribution is 0.370. The molecule has 138 valence electrons. The predicted molar refractivity (Wildman–Crippen MR) is 66.6 cm³/mol. The third kappa shape index (κ3) is 3.72. The van der Waals surface area contributed by atoms with Crippen LogP contribution in [0.3, 0.4) is 0 Å². The minimum atomic E-state index is -2.13. The van der Waals surface area contributed by atoms with Crippen molar-refractivity contribution in [1.29, 1.82) is 0 Å². The average Bonchev–Trinajstić information content (AvgIpc) is 2.61. The molecule has 2 rings (SSSR count). The van der Waals surface area contributed by atoms with Crippen molar-refractivity contribution in [2.24, 2.45) is 0 Å². The van der Waals surface area contributed by atoms with E-state index in [1.54, 1.807) is 0 Å². The molecule has 0 saturated heterocycles. The molecule has 0 aromatic heterocycles. The Bertz CT molecular complexity index is 679. The number of hydrogen-bond acceptors (Lipinski definition) is 0. The summed E-state index contributed by atoms with van der Waals surface area (Å²) >= 11 is 0. The van der Waals surface area contributed by atoms with Crippen molar-refractivity contribution < 1.29 is 43.9 Å². The maximum Gasteiger partial charge on any atom is 0.200 e. The molecule has 0 N–H and O–H groups in total. The summed E-state index contributed by atoms with van der Waals surface area (Å²) < 4.78 is 124. The van der Waals surface area contributed by atoms with Gasteiger partial charge in [-0.05, 0) is 13.3 Å². The van der Waals surface area contributed by atoms with Gasteiger partial charge in [-0.25, -0.2) is 43.9 Å². The monoisotopic (exact) mass is 378 g/mol. The van der Waals surface area contributed by atoms with Crippen LogP contribution in [0.15, 0.2) is 0 Å². The fourth-order valence-electron chi connectivity index (χ4n) is 1.68. The largest absolute Gasteiger partial charge is 0.203 e. The minimum absolute atomic E-state index is 0.244. The zero-order valence-electron chi connectivity index (χ0n) is 12.5. The Morgan fingerprint density at radius 3 is 0.960 bits per heavy atom. The van der Waals surface area contributed by atoms with Crippen molar-refractivity contribution in [3.63, 3.8) is 0 Å². The van der Waals surface area contributed by atoms with Crippen LogP contribution in [-0.4, -0.2) is 0 Å². The number of hydrogen-bond donors (Lipinski definition) is 0. The normalized spacial score (nSPS) is 10.6. The highest BCUT2D eigenvalue weighted by atomic mass is 19.2. The van der Waals surface area contributed by atoms with E-state index in [1.807, 2.05) is 0 Å². The van der Waals surface area contributed by atoms with E-state index in [0.717, 1.165) is 6.92 Å². The molecule has 0 bridgehead atoms. The van der Waals surface area contributed by atoms with Gasteiger partial charge >= 0.3 is 0 Å². The van der Waals surface area contributed by atoms with Crippen LogP contribution in [0.2, 0.25) is 0 Å². The molecule has 0 fully saturated rings. The van der Waals surface area contributed by atoms with Crippen LogP contribution in [0.4, 0.5) is 43.9 Å². The van der Waals surface area contributed by atoms with Gasteiger partial charge in [-0.15, -0.1) is 0 Å². The molecule has 0 aliphatic carbocycles. The van der Waals surface area contributed by atoms with Gasteiger partial charge in [0, 0.05) is 11.1 Å². The molecule has 2 aromatic carbocycles. The summed E-state index contributed by atoms with van der Waals surface area (Å²) in [6.45, 7) is 2.12. The van der Waals surface area contributed by atoms with Gasteiger partial charge in [0.05, 0.1) is 0 Å².